The Hall–Kier alpha value is -1.85. The zero-order chi connectivity index (χ0) is 40.5. The third-order valence-electron chi connectivity index (χ3n) is 4.14. The van der Waals surface area contributed by atoms with Crippen LogP contribution in [-0.4, -0.2) is 19.1 Å². The molecule has 0 radical (unpaired) electrons. The minimum absolute atomic E-state index is 0.240. The minimum atomic E-state index is -4.30. The maximum atomic E-state index is 13.8. The lowest BCUT2D eigenvalue weighted by atomic mass is 9.59. The molecular formula is C22H34N4O2. The van der Waals surface area contributed by atoms with Crippen LogP contribution in [0.4, 0.5) is 0 Å². The molecule has 28 heavy (non-hydrogen) atoms. The smallest absolute Gasteiger partial charge is 0.332 e. The first-order chi connectivity index (χ1) is 22.1. The van der Waals surface area contributed by atoms with Gasteiger partial charge in [0.25, 0.3) is 5.56 Å². The fourth-order valence-corrected chi connectivity index (χ4v) is 2.99. The zero-order valence-electron chi connectivity index (χ0n) is 38.2. The Morgan fingerprint density at radius 2 is 1.86 bits per heavy atom. The van der Waals surface area contributed by atoms with Gasteiger partial charge in [-0.25, -0.2) is 9.78 Å². The van der Waals surface area contributed by atoms with E-state index in [1.807, 2.05) is 0 Å². The number of aryl methyl sites for hydroxylation is 1. The molecule has 0 spiro atoms. The molecule has 2 fully saturated rings. The molecule has 6 heteroatoms. The number of rotatable bonds is 5. The van der Waals surface area contributed by atoms with E-state index in [0.29, 0.717) is 20.8 Å². The van der Waals surface area contributed by atoms with Crippen molar-refractivity contribution >= 4 is 11.2 Å². The summed E-state index contributed by atoms with van der Waals surface area (Å²) in [4.78, 5) is 33.5. The van der Waals surface area contributed by atoms with Crippen LogP contribution in [0, 0.1) is 17.7 Å². The molecule has 2 heterocycles. The van der Waals surface area contributed by atoms with Crippen LogP contribution in [0.2, 0.25) is 0 Å². The van der Waals surface area contributed by atoms with E-state index in [1.165, 1.54) is 0 Å². The van der Waals surface area contributed by atoms with Crippen molar-refractivity contribution in [3.05, 3.63) is 26.7 Å². The monoisotopic (exact) mass is 409 g/mol. The molecule has 154 valence electrons. The highest BCUT2D eigenvalue weighted by atomic mass is 16.2. The molecule has 6 nitrogen and oxygen atoms in total. The average Bonchev–Trinajstić information content (AvgIpc) is 3.37. The highest BCUT2D eigenvalue weighted by Gasteiger charge is 2.43. The van der Waals surface area contributed by atoms with Gasteiger partial charge in [0.05, 0.1) is 2.74 Å². The lowest BCUT2D eigenvalue weighted by molar-refractivity contribution is 0.0863. The maximum Gasteiger partial charge on any atom is 0.332 e. The Morgan fingerprint density at radius 3 is 2.46 bits per heavy atom. The van der Waals surface area contributed by atoms with Crippen molar-refractivity contribution in [3.8, 4) is 0 Å². The SMILES string of the molecule is [2H]C([2H])C1([2H])C([2H])([2H])C2([2H])C([2H])([2H])C(C)(c3nc4c([nH]3)c(=O)n(C([2H])([2H])C([2H])([2H])C)c(=O)n4C([2H])([2H])C([2H])([2H])C)C([2H])([2H])C([2H])(C1([2H])[2H])C2([2H])[2H]. The Morgan fingerprint density at radius 1 is 1.21 bits per heavy atom. The van der Waals surface area contributed by atoms with Crippen LogP contribution in [0.3, 0.4) is 0 Å². The molecule has 2 aromatic heterocycles. The number of imidazole rings is 1. The summed E-state index contributed by atoms with van der Waals surface area (Å²) in [5, 5.41) is 0. The Balaban J connectivity index is 2.35. The zero-order valence-corrected chi connectivity index (χ0v) is 15.2. The van der Waals surface area contributed by atoms with Gasteiger partial charge in [-0.05, 0) is 62.3 Å². The predicted octanol–water partition coefficient (Wildman–Crippen LogP) is 3.81. The summed E-state index contributed by atoms with van der Waals surface area (Å²) >= 11 is 0. The third-order valence-corrected chi connectivity index (χ3v) is 4.14. The fraction of sp³-hybridized carbons (Fsp3) is 0.773. The van der Waals surface area contributed by atoms with Gasteiger partial charge in [-0.15, -0.1) is 0 Å². The maximum absolute atomic E-state index is 13.8. The highest BCUT2D eigenvalue weighted by molar-refractivity contribution is 5.70. The number of fused-ring (bicyclic) bond motifs is 3. The summed E-state index contributed by atoms with van der Waals surface area (Å²) in [5.41, 5.74) is -9.96. The van der Waals surface area contributed by atoms with Gasteiger partial charge in [0, 0.05) is 47.2 Å². The van der Waals surface area contributed by atoms with Crippen LogP contribution in [0.1, 0.15) is 110 Å². The summed E-state index contributed by atoms with van der Waals surface area (Å²) in [6.45, 7) is -8.61. The number of hydrogen-bond donors (Lipinski definition) is 1. The van der Waals surface area contributed by atoms with Gasteiger partial charge >= 0.3 is 5.69 Å². The number of nitrogens with one attached hydrogen (secondary N) is 1. The Kier molecular flexibility index (Phi) is 1.56. The molecule has 0 amide bonds. The first-order valence-electron chi connectivity index (χ1n) is 19.9. The second-order valence-corrected chi connectivity index (χ2v) is 6.18. The minimum Gasteiger partial charge on any atom is -0.336 e. The lowest BCUT2D eigenvalue weighted by Gasteiger charge is -2.46. The van der Waals surface area contributed by atoms with Crippen LogP contribution in [0.25, 0.3) is 11.2 Å². The predicted molar refractivity (Wildman–Crippen MR) is 112 cm³/mol. The molecule has 2 aromatic rings. The van der Waals surface area contributed by atoms with Crippen molar-refractivity contribution in [2.75, 3.05) is 0 Å². The Labute approximate surface area is 198 Å². The molecule has 2 unspecified atom stereocenters. The average molecular weight is 410 g/mol. The largest absolute Gasteiger partial charge is 0.336 e. The first kappa shape index (κ1) is 6.08. The van der Waals surface area contributed by atoms with Gasteiger partial charge in [0.15, 0.2) is 5.65 Å². The van der Waals surface area contributed by atoms with E-state index < -0.39 is 120 Å². The van der Waals surface area contributed by atoms with Gasteiger partial charge in [-0.3, -0.25) is 13.9 Å². The van der Waals surface area contributed by atoms with Gasteiger partial charge < -0.3 is 4.98 Å². The lowest BCUT2D eigenvalue weighted by Crippen LogP contribution is -2.40. The molecule has 4 rings (SSSR count). The molecule has 2 aliphatic carbocycles. The summed E-state index contributed by atoms with van der Waals surface area (Å²) in [6.07, 6.45) is -27.4. The molecule has 0 aliphatic heterocycles. The molecule has 0 saturated heterocycles. The summed E-state index contributed by atoms with van der Waals surface area (Å²) in [6, 6.07) is 0. The highest BCUT2D eigenvalue weighted by Crippen LogP contribution is 2.50. The first-order valence-corrected chi connectivity index (χ1v) is 8.24. The van der Waals surface area contributed by atoms with Crippen LogP contribution in [-0.2, 0) is 18.4 Å². The fourth-order valence-electron chi connectivity index (χ4n) is 2.99. The second-order valence-electron chi connectivity index (χ2n) is 6.18. The van der Waals surface area contributed by atoms with Crippen molar-refractivity contribution in [2.45, 2.75) is 90.7 Å². The third kappa shape index (κ3) is 3.15. The standard InChI is InChI=1S/C22H34N4O2/c1-5-7-25-18-17(19(27)26(8-6-2)21(25)28)23-20(24-18)22(4)12-15-9-14(3)10-16(11-15)13-22/h14-16H,5-13H2,1-4H3,(H,23,24)/i3D2,5D2,6D2,7D2,8D2,9D2,10D2,11D2,12D2,13D2,14D,15D,16D. The van der Waals surface area contributed by atoms with Crippen molar-refractivity contribution in [1.29, 1.82) is 0 Å². The van der Waals surface area contributed by atoms with Gasteiger partial charge in [0.1, 0.15) is 11.3 Å². The van der Waals surface area contributed by atoms with E-state index in [2.05, 4.69) is 9.97 Å². The molecule has 2 bridgehead atoms. The van der Waals surface area contributed by atoms with Gasteiger partial charge in [-0.1, -0.05) is 27.6 Å². The van der Waals surface area contributed by atoms with Crippen molar-refractivity contribution < 1.29 is 31.5 Å². The number of nitrogens with zero attached hydrogens (tertiary/aromatic N) is 3. The van der Waals surface area contributed by atoms with E-state index >= 15 is 0 Å². The second kappa shape index (κ2) is 7.20. The van der Waals surface area contributed by atoms with E-state index in [9.17, 15) is 12.3 Å². The van der Waals surface area contributed by atoms with Crippen LogP contribution < -0.4 is 11.2 Å². The number of H-pyrrole nitrogens is 1. The molecule has 2 aliphatic rings. The number of aromatic amines is 1. The van der Waals surface area contributed by atoms with Crippen molar-refractivity contribution in [2.24, 2.45) is 17.7 Å². The Bertz CT molecular complexity index is 1850. The topological polar surface area (TPSA) is 72.7 Å². The van der Waals surface area contributed by atoms with Crippen molar-refractivity contribution in [1.82, 2.24) is 19.1 Å². The van der Waals surface area contributed by atoms with Crippen LogP contribution >= 0.6 is 0 Å². The van der Waals surface area contributed by atoms with Gasteiger partial charge in [-0.2, -0.15) is 0 Å². The molecule has 2 saturated carbocycles. The molecular weight excluding hydrogens is 352 g/mol. The van der Waals surface area contributed by atoms with Crippen molar-refractivity contribution in [3.63, 3.8) is 0 Å². The molecule has 2 atom stereocenters. The number of aromatic nitrogens is 4. The normalized spacial score (nSPS) is 61.2. The summed E-state index contributed by atoms with van der Waals surface area (Å²) in [7, 11) is 0. The van der Waals surface area contributed by atoms with E-state index in [4.69, 9.17) is 28.8 Å². The number of hydrogen-bond acceptors (Lipinski definition) is 3. The summed E-state index contributed by atoms with van der Waals surface area (Å²) in [5.74, 6) is -14.0. The van der Waals surface area contributed by atoms with E-state index in [-0.39, 0.29) is 4.57 Å². The van der Waals surface area contributed by atoms with Crippen LogP contribution in [0.15, 0.2) is 9.59 Å². The molecule has 0 aromatic carbocycles. The van der Waals surface area contributed by atoms with E-state index in [1.54, 1.807) is 0 Å². The van der Waals surface area contributed by atoms with E-state index in [0.717, 1.165) is 0 Å². The van der Waals surface area contributed by atoms with Crippen LogP contribution in [0.5, 0.6) is 0 Å². The summed E-state index contributed by atoms with van der Waals surface area (Å²) < 4.78 is 197. The van der Waals surface area contributed by atoms with Gasteiger partial charge in [0.2, 0.25) is 0 Å². The molecule has 1 N–H and O–H groups in total. The quantitative estimate of drug-likeness (QED) is 0.816.